The first-order chi connectivity index (χ1) is 10.2. The van der Waals surface area contributed by atoms with Gasteiger partial charge in [0.05, 0.1) is 11.1 Å². The fraction of sp³-hybridized carbons (Fsp3) is 0.375. The summed E-state index contributed by atoms with van der Waals surface area (Å²) in [5.74, 6) is -0.123. The number of amides is 1. The molecule has 1 N–H and O–H groups in total. The molecular weight excluding hydrogens is 332 g/mol. The zero-order valence-corrected chi connectivity index (χ0v) is 13.2. The Hall–Kier alpha value is -1.46. The summed E-state index contributed by atoms with van der Waals surface area (Å²) < 4.78 is 5.38. The number of rotatable bonds is 3. The van der Waals surface area contributed by atoms with Gasteiger partial charge < -0.3 is 10.1 Å². The van der Waals surface area contributed by atoms with E-state index < -0.39 is 0 Å². The number of ether oxygens (including phenoxy) is 1. The van der Waals surface area contributed by atoms with Gasteiger partial charge in [-0.3, -0.25) is 4.79 Å². The molecular formula is C16H17BrN2O2. The first-order valence-corrected chi connectivity index (χ1v) is 8.17. The van der Waals surface area contributed by atoms with Gasteiger partial charge in [0.25, 0.3) is 5.91 Å². The van der Waals surface area contributed by atoms with Crippen LogP contribution in [0.15, 0.2) is 36.4 Å². The Morgan fingerprint density at radius 1 is 1.24 bits per heavy atom. The predicted molar refractivity (Wildman–Crippen MR) is 85.8 cm³/mol. The number of halogens is 1. The van der Waals surface area contributed by atoms with Crippen molar-refractivity contribution in [3.8, 4) is 0 Å². The highest BCUT2D eigenvalue weighted by molar-refractivity contribution is 9.09. The first-order valence-electron chi connectivity index (χ1n) is 7.04. The van der Waals surface area contributed by atoms with E-state index in [9.17, 15) is 4.79 Å². The zero-order chi connectivity index (χ0) is 14.7. The van der Waals surface area contributed by atoms with Crippen molar-refractivity contribution in [1.29, 1.82) is 0 Å². The minimum Gasteiger partial charge on any atom is -0.381 e. The maximum atomic E-state index is 12.5. The lowest BCUT2D eigenvalue weighted by Crippen LogP contribution is -2.53. The Labute approximate surface area is 132 Å². The molecule has 2 heterocycles. The number of benzene rings is 1. The van der Waals surface area contributed by atoms with Crippen LogP contribution >= 0.6 is 15.9 Å². The first kappa shape index (κ1) is 14.5. The number of para-hydroxylation sites is 1. The maximum absolute atomic E-state index is 12.5. The van der Waals surface area contributed by atoms with Crippen LogP contribution in [0, 0.1) is 0 Å². The van der Waals surface area contributed by atoms with Crippen molar-refractivity contribution in [2.24, 2.45) is 0 Å². The molecule has 0 atom stereocenters. The molecule has 1 aliphatic heterocycles. The van der Waals surface area contributed by atoms with Gasteiger partial charge in [-0.2, -0.15) is 0 Å². The molecule has 4 nitrogen and oxygen atoms in total. The third-order valence-corrected chi connectivity index (χ3v) is 4.99. The Balaban J connectivity index is 1.82. The van der Waals surface area contributed by atoms with Crippen LogP contribution in [-0.2, 0) is 4.74 Å². The summed E-state index contributed by atoms with van der Waals surface area (Å²) in [6.07, 6.45) is 1.63. The van der Waals surface area contributed by atoms with Crippen LogP contribution in [0.3, 0.4) is 0 Å². The second kappa shape index (κ2) is 6.12. The molecule has 1 aromatic heterocycles. The van der Waals surface area contributed by atoms with Crippen LogP contribution in [0.4, 0.5) is 0 Å². The van der Waals surface area contributed by atoms with Crippen LogP contribution in [0.5, 0.6) is 0 Å². The highest BCUT2D eigenvalue weighted by Gasteiger charge is 2.33. The number of carbonyl (C=O) groups excluding carboxylic acids is 1. The van der Waals surface area contributed by atoms with Gasteiger partial charge in [-0.05, 0) is 25.0 Å². The number of hydrogen-bond donors (Lipinski definition) is 1. The summed E-state index contributed by atoms with van der Waals surface area (Å²) >= 11 is 3.52. The van der Waals surface area contributed by atoms with E-state index in [1.54, 1.807) is 6.07 Å². The smallest absolute Gasteiger partial charge is 0.270 e. The summed E-state index contributed by atoms with van der Waals surface area (Å²) in [4.78, 5) is 16.9. The lowest BCUT2D eigenvalue weighted by atomic mass is 9.92. The summed E-state index contributed by atoms with van der Waals surface area (Å²) in [6.45, 7) is 1.36. The zero-order valence-electron chi connectivity index (χ0n) is 11.6. The largest absolute Gasteiger partial charge is 0.381 e. The van der Waals surface area contributed by atoms with Crippen LogP contribution in [0.25, 0.3) is 10.9 Å². The molecule has 0 saturated carbocycles. The highest BCUT2D eigenvalue weighted by Crippen LogP contribution is 2.23. The van der Waals surface area contributed by atoms with Gasteiger partial charge in [0.15, 0.2) is 0 Å². The fourth-order valence-corrected chi connectivity index (χ4v) is 3.25. The van der Waals surface area contributed by atoms with Gasteiger partial charge in [0.1, 0.15) is 5.69 Å². The quantitative estimate of drug-likeness (QED) is 0.867. The lowest BCUT2D eigenvalue weighted by molar-refractivity contribution is 0.0440. The lowest BCUT2D eigenvalue weighted by Gasteiger charge is -2.36. The number of aromatic nitrogens is 1. The van der Waals surface area contributed by atoms with Crippen molar-refractivity contribution >= 4 is 32.7 Å². The van der Waals surface area contributed by atoms with E-state index in [1.807, 2.05) is 30.3 Å². The van der Waals surface area contributed by atoms with Crippen molar-refractivity contribution < 1.29 is 9.53 Å². The predicted octanol–water partition coefficient (Wildman–Crippen LogP) is 2.91. The number of hydrogen-bond acceptors (Lipinski definition) is 3. The van der Waals surface area contributed by atoms with Gasteiger partial charge in [-0.25, -0.2) is 4.98 Å². The van der Waals surface area contributed by atoms with E-state index >= 15 is 0 Å². The molecule has 21 heavy (non-hydrogen) atoms. The number of fused-ring (bicyclic) bond motifs is 1. The second-order valence-electron chi connectivity index (χ2n) is 5.37. The summed E-state index contributed by atoms with van der Waals surface area (Å²) in [5, 5.41) is 4.90. The number of carbonyl (C=O) groups is 1. The van der Waals surface area contributed by atoms with Gasteiger partial charge in [-0.15, -0.1) is 0 Å². The summed E-state index contributed by atoms with van der Waals surface area (Å²) in [5.41, 5.74) is 1.06. The molecule has 1 aromatic carbocycles. The fourth-order valence-electron chi connectivity index (χ4n) is 2.55. The molecule has 0 spiro atoms. The Morgan fingerprint density at radius 3 is 2.76 bits per heavy atom. The molecule has 5 heteroatoms. The van der Waals surface area contributed by atoms with E-state index in [-0.39, 0.29) is 11.4 Å². The number of nitrogens with one attached hydrogen (secondary N) is 1. The number of pyridine rings is 1. The molecule has 0 radical (unpaired) electrons. The molecule has 3 rings (SSSR count). The normalized spacial score (nSPS) is 17.6. The maximum Gasteiger partial charge on any atom is 0.270 e. The van der Waals surface area contributed by atoms with Crippen LogP contribution in [0.1, 0.15) is 23.3 Å². The third kappa shape index (κ3) is 3.09. The molecule has 110 valence electrons. The average molecular weight is 349 g/mol. The van der Waals surface area contributed by atoms with Crippen LogP contribution in [-0.4, -0.2) is 35.0 Å². The molecule has 1 aliphatic rings. The summed E-state index contributed by atoms with van der Waals surface area (Å²) in [6, 6.07) is 11.5. The Morgan fingerprint density at radius 2 is 2.00 bits per heavy atom. The minimum absolute atomic E-state index is 0.123. The van der Waals surface area contributed by atoms with Crippen molar-refractivity contribution in [1.82, 2.24) is 10.3 Å². The number of alkyl halides is 1. The van der Waals surface area contributed by atoms with Crippen molar-refractivity contribution in [3.63, 3.8) is 0 Å². The van der Waals surface area contributed by atoms with Crippen molar-refractivity contribution in [3.05, 3.63) is 42.1 Å². The average Bonchev–Trinajstić information content (AvgIpc) is 2.55. The van der Waals surface area contributed by atoms with Crippen LogP contribution in [0.2, 0.25) is 0 Å². The molecule has 1 amide bonds. The van der Waals surface area contributed by atoms with Crippen molar-refractivity contribution in [2.45, 2.75) is 18.4 Å². The van der Waals surface area contributed by atoms with E-state index in [0.717, 1.165) is 29.1 Å². The van der Waals surface area contributed by atoms with Gasteiger partial charge in [0, 0.05) is 23.9 Å². The topological polar surface area (TPSA) is 51.2 Å². The van der Waals surface area contributed by atoms with E-state index in [4.69, 9.17) is 4.74 Å². The van der Waals surface area contributed by atoms with E-state index in [1.165, 1.54) is 0 Å². The highest BCUT2D eigenvalue weighted by atomic mass is 79.9. The van der Waals surface area contributed by atoms with Gasteiger partial charge in [-0.1, -0.05) is 40.2 Å². The number of nitrogens with zero attached hydrogens (tertiary/aromatic N) is 1. The van der Waals surface area contributed by atoms with Crippen molar-refractivity contribution in [2.75, 3.05) is 18.5 Å². The molecule has 1 fully saturated rings. The molecule has 2 aromatic rings. The molecule has 0 aliphatic carbocycles. The van der Waals surface area contributed by atoms with Crippen LogP contribution < -0.4 is 5.32 Å². The van der Waals surface area contributed by atoms with Gasteiger partial charge >= 0.3 is 0 Å². The monoisotopic (exact) mass is 348 g/mol. The minimum atomic E-state index is -0.233. The second-order valence-corrected chi connectivity index (χ2v) is 5.93. The van der Waals surface area contributed by atoms with Gasteiger partial charge in [0.2, 0.25) is 0 Å². The molecule has 0 unspecified atom stereocenters. The van der Waals surface area contributed by atoms with E-state index in [0.29, 0.717) is 18.9 Å². The summed E-state index contributed by atoms with van der Waals surface area (Å²) in [7, 11) is 0. The standard InChI is InChI=1S/C16H17BrN2O2/c17-11-16(7-9-21-10-8-16)19-15(20)14-6-5-12-3-1-2-4-13(12)18-14/h1-6H,7-11H2,(H,19,20). The molecule has 0 bridgehead atoms. The SMILES string of the molecule is O=C(NC1(CBr)CCOCC1)c1ccc2ccccc2n1. The Bertz CT molecular complexity index is 654. The molecule has 1 saturated heterocycles. The van der Waals surface area contributed by atoms with E-state index in [2.05, 4.69) is 26.2 Å². The Kier molecular flexibility index (Phi) is 4.22. The third-order valence-electron chi connectivity index (χ3n) is 3.92.